The summed E-state index contributed by atoms with van der Waals surface area (Å²) in [6.07, 6.45) is 2.78. The summed E-state index contributed by atoms with van der Waals surface area (Å²) in [5, 5.41) is 16.4. The number of halogens is 1. The first-order valence-electron chi connectivity index (χ1n) is 7.74. The predicted octanol–water partition coefficient (Wildman–Crippen LogP) is 2.42. The van der Waals surface area contributed by atoms with Crippen LogP contribution in [0.15, 0.2) is 12.3 Å². The van der Waals surface area contributed by atoms with Gasteiger partial charge in [0.2, 0.25) is 0 Å². The molecule has 0 radical (unpaired) electrons. The Hall–Kier alpha value is -1.60. The van der Waals surface area contributed by atoms with Crippen molar-refractivity contribution >= 4 is 28.9 Å². The first kappa shape index (κ1) is 17.7. The molecule has 8 heteroatoms. The molecule has 0 atom stereocenters. The highest BCUT2D eigenvalue weighted by atomic mass is 35.5. The predicted molar refractivity (Wildman–Crippen MR) is 96.7 cm³/mol. The number of thiocarbonyl (C=S) groups is 1. The van der Waals surface area contributed by atoms with Crippen LogP contribution in [0.5, 0.6) is 0 Å². The van der Waals surface area contributed by atoms with Gasteiger partial charge in [-0.15, -0.1) is 0 Å². The number of aryl methyl sites for hydroxylation is 4. The average Bonchev–Trinajstić information content (AvgIpc) is 3.03. The molecule has 0 bridgehead atoms. The zero-order chi connectivity index (χ0) is 16.8. The van der Waals surface area contributed by atoms with Gasteiger partial charge >= 0.3 is 0 Å². The third kappa shape index (κ3) is 5.21. The second-order valence-corrected chi connectivity index (χ2v) is 6.21. The van der Waals surface area contributed by atoms with Crippen LogP contribution in [0, 0.1) is 13.8 Å². The molecule has 2 aromatic heterocycles. The molecule has 0 aliphatic heterocycles. The van der Waals surface area contributed by atoms with E-state index in [0.29, 0.717) is 16.7 Å². The lowest BCUT2D eigenvalue weighted by atomic mass is 10.4. The molecule has 0 aromatic carbocycles. The third-order valence-electron chi connectivity index (χ3n) is 3.46. The third-order valence-corrected chi connectivity index (χ3v) is 4.07. The summed E-state index contributed by atoms with van der Waals surface area (Å²) in [4.78, 5) is 0. The molecule has 0 amide bonds. The van der Waals surface area contributed by atoms with Crippen LogP contribution in [-0.4, -0.2) is 31.2 Å². The van der Waals surface area contributed by atoms with Gasteiger partial charge in [-0.1, -0.05) is 11.6 Å². The fourth-order valence-corrected chi connectivity index (χ4v) is 2.67. The van der Waals surface area contributed by atoms with Gasteiger partial charge in [0.1, 0.15) is 5.69 Å². The fourth-order valence-electron chi connectivity index (χ4n) is 2.28. The Labute approximate surface area is 147 Å². The molecule has 0 fully saturated rings. The van der Waals surface area contributed by atoms with Crippen molar-refractivity contribution in [2.45, 2.75) is 46.8 Å². The highest BCUT2D eigenvalue weighted by Gasteiger charge is 2.06. The van der Waals surface area contributed by atoms with Crippen LogP contribution in [0.2, 0.25) is 5.02 Å². The zero-order valence-electron chi connectivity index (χ0n) is 13.8. The molecule has 0 saturated heterocycles. The lowest BCUT2D eigenvalue weighted by Gasteiger charge is -2.10. The monoisotopic (exact) mass is 354 g/mol. The molecule has 23 heavy (non-hydrogen) atoms. The quantitative estimate of drug-likeness (QED) is 0.590. The van der Waals surface area contributed by atoms with Crippen molar-refractivity contribution in [1.29, 1.82) is 0 Å². The Morgan fingerprint density at radius 2 is 2.09 bits per heavy atom. The molecule has 2 aromatic rings. The van der Waals surface area contributed by atoms with Crippen molar-refractivity contribution in [3.05, 3.63) is 34.4 Å². The average molecular weight is 355 g/mol. The molecule has 0 aliphatic rings. The summed E-state index contributed by atoms with van der Waals surface area (Å²) in [5.41, 5.74) is 3.04. The Balaban J connectivity index is 1.67. The molecule has 126 valence electrons. The van der Waals surface area contributed by atoms with Crippen LogP contribution in [0.25, 0.3) is 0 Å². The van der Waals surface area contributed by atoms with Gasteiger partial charge in [-0.3, -0.25) is 9.36 Å². The largest absolute Gasteiger partial charge is 0.363 e. The lowest BCUT2D eigenvalue weighted by Crippen LogP contribution is -2.35. The number of nitrogens with zero attached hydrogens (tertiary/aromatic N) is 4. The normalized spacial score (nSPS) is 10.8. The second-order valence-electron chi connectivity index (χ2n) is 5.39. The van der Waals surface area contributed by atoms with Gasteiger partial charge in [0.25, 0.3) is 0 Å². The molecule has 0 spiro atoms. The van der Waals surface area contributed by atoms with Gasteiger partial charge in [-0.25, -0.2) is 0 Å². The Morgan fingerprint density at radius 1 is 1.30 bits per heavy atom. The number of nitrogens with one attached hydrogen (secondary N) is 2. The highest BCUT2D eigenvalue weighted by molar-refractivity contribution is 7.80. The summed E-state index contributed by atoms with van der Waals surface area (Å²) in [7, 11) is 0. The van der Waals surface area contributed by atoms with E-state index in [-0.39, 0.29) is 0 Å². The van der Waals surface area contributed by atoms with Crippen molar-refractivity contribution in [3.63, 3.8) is 0 Å². The van der Waals surface area contributed by atoms with Gasteiger partial charge in [0.15, 0.2) is 5.11 Å². The molecule has 0 unspecified atom stereocenters. The molecule has 6 nitrogen and oxygen atoms in total. The van der Waals surface area contributed by atoms with Crippen LogP contribution in [-0.2, 0) is 19.6 Å². The molecular formula is C15H23ClN6S. The SMILES string of the molecule is CCn1cc(Cl)c(CNC(=S)NCCCn2nc(C)cc2C)n1. The molecular weight excluding hydrogens is 332 g/mol. The van der Waals surface area contributed by atoms with Gasteiger partial charge in [0.05, 0.1) is 17.3 Å². The van der Waals surface area contributed by atoms with E-state index in [1.807, 2.05) is 29.4 Å². The summed E-state index contributed by atoms with van der Waals surface area (Å²) >= 11 is 11.4. The van der Waals surface area contributed by atoms with E-state index in [9.17, 15) is 0 Å². The summed E-state index contributed by atoms with van der Waals surface area (Å²) in [6.45, 7) is 9.09. The molecule has 0 aliphatic carbocycles. The Kier molecular flexibility index (Phi) is 6.41. The second kappa shape index (κ2) is 8.31. The molecule has 2 rings (SSSR count). The van der Waals surface area contributed by atoms with Gasteiger partial charge in [-0.2, -0.15) is 10.2 Å². The number of hydrogen-bond acceptors (Lipinski definition) is 3. The van der Waals surface area contributed by atoms with Crippen LogP contribution in [0.3, 0.4) is 0 Å². The van der Waals surface area contributed by atoms with Crippen molar-refractivity contribution in [2.24, 2.45) is 0 Å². The van der Waals surface area contributed by atoms with Crippen molar-refractivity contribution < 1.29 is 0 Å². The van der Waals surface area contributed by atoms with E-state index in [1.54, 1.807) is 0 Å². The smallest absolute Gasteiger partial charge is 0.166 e. The lowest BCUT2D eigenvalue weighted by molar-refractivity contribution is 0.556. The maximum atomic E-state index is 6.12. The number of aromatic nitrogens is 4. The van der Waals surface area contributed by atoms with Crippen LogP contribution >= 0.6 is 23.8 Å². The van der Waals surface area contributed by atoms with E-state index in [0.717, 1.165) is 37.4 Å². The number of rotatable bonds is 7. The van der Waals surface area contributed by atoms with E-state index in [2.05, 4.69) is 33.8 Å². The van der Waals surface area contributed by atoms with E-state index in [4.69, 9.17) is 23.8 Å². The standard InChI is InChI=1S/C15H23ClN6S/c1-4-21-10-13(16)14(20-21)9-18-15(23)17-6-5-7-22-12(3)8-11(2)19-22/h8,10H,4-7,9H2,1-3H3,(H2,17,18,23). The number of hydrogen-bond donors (Lipinski definition) is 2. The zero-order valence-corrected chi connectivity index (χ0v) is 15.3. The maximum Gasteiger partial charge on any atom is 0.166 e. The van der Waals surface area contributed by atoms with Crippen molar-refractivity contribution in [1.82, 2.24) is 30.2 Å². The topological polar surface area (TPSA) is 59.7 Å². The summed E-state index contributed by atoms with van der Waals surface area (Å²) < 4.78 is 3.83. The van der Waals surface area contributed by atoms with Crippen molar-refractivity contribution in [3.8, 4) is 0 Å². The Morgan fingerprint density at radius 3 is 2.70 bits per heavy atom. The van der Waals surface area contributed by atoms with Crippen LogP contribution < -0.4 is 10.6 Å². The minimum Gasteiger partial charge on any atom is -0.363 e. The summed E-state index contributed by atoms with van der Waals surface area (Å²) in [5.74, 6) is 0. The fraction of sp³-hybridized carbons (Fsp3) is 0.533. The first-order chi connectivity index (χ1) is 11.0. The molecule has 2 N–H and O–H groups in total. The van der Waals surface area contributed by atoms with Crippen molar-refractivity contribution in [2.75, 3.05) is 6.54 Å². The maximum absolute atomic E-state index is 6.12. The first-order valence-corrected chi connectivity index (χ1v) is 8.52. The Bertz CT molecular complexity index is 663. The minimum atomic E-state index is 0.523. The summed E-state index contributed by atoms with van der Waals surface area (Å²) in [6, 6.07) is 2.08. The molecule has 2 heterocycles. The molecule has 0 saturated carbocycles. The van der Waals surface area contributed by atoms with Gasteiger partial charge in [-0.05, 0) is 45.5 Å². The minimum absolute atomic E-state index is 0.523. The van der Waals surface area contributed by atoms with E-state index >= 15 is 0 Å². The van der Waals surface area contributed by atoms with E-state index < -0.39 is 0 Å². The van der Waals surface area contributed by atoms with Gasteiger partial charge in [0, 0.05) is 31.5 Å². The highest BCUT2D eigenvalue weighted by Crippen LogP contribution is 2.13. The van der Waals surface area contributed by atoms with Crippen LogP contribution in [0.4, 0.5) is 0 Å². The van der Waals surface area contributed by atoms with Gasteiger partial charge < -0.3 is 10.6 Å². The van der Waals surface area contributed by atoms with E-state index in [1.165, 1.54) is 5.69 Å². The van der Waals surface area contributed by atoms with Crippen LogP contribution in [0.1, 0.15) is 30.4 Å².